The molecule has 4 N–H and O–H groups in total. The van der Waals surface area contributed by atoms with E-state index in [1.165, 1.54) is 17.4 Å². The maximum atomic E-state index is 13.6. The van der Waals surface area contributed by atoms with E-state index in [2.05, 4.69) is 25.7 Å². The summed E-state index contributed by atoms with van der Waals surface area (Å²) in [5, 5.41) is 8.98. The number of amides is 3. The number of nitrogens with zero attached hydrogens (tertiary/aromatic N) is 1. The number of hydrogen-bond acceptors (Lipinski definition) is 7. The molecule has 1 atom stereocenters. The lowest BCUT2D eigenvalue weighted by molar-refractivity contribution is 0.130. The van der Waals surface area contributed by atoms with Gasteiger partial charge in [-0.2, -0.15) is 0 Å². The van der Waals surface area contributed by atoms with E-state index in [0.29, 0.717) is 26.8 Å². The number of aromatic nitrogens is 1. The molecule has 0 saturated heterocycles. The summed E-state index contributed by atoms with van der Waals surface area (Å²) in [7, 11) is -4.00. The van der Waals surface area contributed by atoms with Crippen molar-refractivity contribution in [3.05, 3.63) is 84.6 Å². The van der Waals surface area contributed by atoms with Crippen molar-refractivity contribution in [1.82, 2.24) is 15.0 Å². The van der Waals surface area contributed by atoms with Gasteiger partial charge >= 0.3 is 12.1 Å². The van der Waals surface area contributed by atoms with Crippen molar-refractivity contribution in [1.29, 1.82) is 0 Å². The van der Waals surface area contributed by atoms with Crippen molar-refractivity contribution in [3.8, 4) is 21.0 Å². The fourth-order valence-electron chi connectivity index (χ4n) is 4.26. The normalized spacial score (nSPS) is 12.4. The Labute approximate surface area is 262 Å². The van der Waals surface area contributed by atoms with Crippen LogP contribution in [0.15, 0.2) is 83.9 Å². The van der Waals surface area contributed by atoms with E-state index in [1.54, 1.807) is 65.1 Å². The summed E-state index contributed by atoms with van der Waals surface area (Å²) >= 11 is 1.33. The number of urea groups is 1. The number of hydrogen-bond donors (Lipinski definition) is 4. The summed E-state index contributed by atoms with van der Waals surface area (Å²) in [5.41, 5.74) is 2.34. The maximum absolute atomic E-state index is 13.6. The molecule has 12 heteroatoms. The third-order valence-corrected chi connectivity index (χ3v) is 8.99. The van der Waals surface area contributed by atoms with Crippen LogP contribution in [0.5, 0.6) is 0 Å². The minimum Gasteiger partial charge on any atom is -0.447 e. The molecule has 3 aromatic carbocycles. The van der Waals surface area contributed by atoms with Gasteiger partial charge in [-0.25, -0.2) is 27.7 Å². The van der Waals surface area contributed by atoms with Gasteiger partial charge in [0, 0.05) is 34.2 Å². The second-order valence-corrected chi connectivity index (χ2v) is 14.2. The van der Waals surface area contributed by atoms with Crippen LogP contribution in [0.4, 0.5) is 21.0 Å². The second kappa shape index (κ2) is 13.6. The van der Waals surface area contributed by atoms with E-state index < -0.39 is 27.7 Å². The second-order valence-electron chi connectivity index (χ2n) is 11.5. The minimum absolute atomic E-state index is 0.0137. The third kappa shape index (κ3) is 8.88. The quantitative estimate of drug-likeness (QED) is 0.151. The largest absolute Gasteiger partial charge is 0.447 e. The number of thiazole rings is 1. The van der Waals surface area contributed by atoms with Gasteiger partial charge in [0.2, 0.25) is 10.0 Å². The van der Waals surface area contributed by atoms with Crippen LogP contribution < -0.4 is 20.7 Å². The Morgan fingerprint density at radius 2 is 1.55 bits per heavy atom. The van der Waals surface area contributed by atoms with E-state index in [9.17, 15) is 18.0 Å². The van der Waals surface area contributed by atoms with Gasteiger partial charge in [0.25, 0.3) is 0 Å². The van der Waals surface area contributed by atoms with Gasteiger partial charge in [0.05, 0.1) is 21.9 Å². The summed E-state index contributed by atoms with van der Waals surface area (Å²) in [6, 6.07) is 20.7. The molecule has 0 radical (unpaired) electrons. The lowest BCUT2D eigenvalue weighted by Crippen LogP contribution is -2.40. The first kappa shape index (κ1) is 32.6. The standard InChI is InChI=1S/C32H37N5O5S2/c1-20(2)42-31(39)36-24-14-12-23(13-15-24)29-33-19-27(43-29)26-17-16-25(18-28(26)44(40,41)37-32(4,5)6)35-30(38)34-21(3)22-10-8-7-9-11-22/h7-21,37H,1-6H3,(H,36,39)(H2,34,35,38)/t21-/m0/s1. The Kier molecular flexibility index (Phi) is 10.1. The molecule has 1 heterocycles. The van der Waals surface area contributed by atoms with Crippen LogP contribution in [0.2, 0.25) is 0 Å². The number of ether oxygens (including phenoxy) is 1. The molecule has 4 rings (SSSR count). The van der Waals surface area contributed by atoms with Gasteiger partial charge in [-0.05, 0) is 83.5 Å². The van der Waals surface area contributed by atoms with Gasteiger partial charge in [-0.1, -0.05) is 36.4 Å². The molecule has 0 unspecified atom stereocenters. The number of rotatable bonds is 9. The van der Waals surface area contributed by atoms with E-state index in [4.69, 9.17) is 4.74 Å². The van der Waals surface area contributed by atoms with Gasteiger partial charge in [0.15, 0.2) is 0 Å². The van der Waals surface area contributed by atoms with Crippen LogP contribution in [0.25, 0.3) is 21.0 Å². The molecule has 0 fully saturated rings. The van der Waals surface area contributed by atoms with Crippen LogP contribution >= 0.6 is 11.3 Å². The predicted octanol–water partition coefficient (Wildman–Crippen LogP) is 7.39. The summed E-state index contributed by atoms with van der Waals surface area (Å²) in [6.45, 7) is 10.7. The number of carbonyl (C=O) groups is 2. The summed E-state index contributed by atoms with van der Waals surface area (Å²) in [4.78, 5) is 29.9. The molecule has 3 amide bonds. The predicted molar refractivity (Wildman–Crippen MR) is 175 cm³/mol. The molecule has 0 spiro atoms. The molecular formula is C32H37N5O5S2. The molecule has 0 saturated carbocycles. The molecule has 0 aliphatic heterocycles. The number of sulfonamides is 1. The smallest absolute Gasteiger partial charge is 0.411 e. The van der Waals surface area contributed by atoms with Crippen LogP contribution in [0, 0.1) is 0 Å². The average molecular weight is 636 g/mol. The van der Waals surface area contributed by atoms with Crippen molar-refractivity contribution in [2.24, 2.45) is 0 Å². The number of benzene rings is 3. The zero-order valence-corrected chi connectivity index (χ0v) is 27.1. The van der Waals surface area contributed by atoms with Crippen LogP contribution in [0.3, 0.4) is 0 Å². The van der Waals surface area contributed by atoms with Crippen molar-refractivity contribution in [3.63, 3.8) is 0 Å². The minimum atomic E-state index is -4.00. The van der Waals surface area contributed by atoms with Crippen LogP contribution in [0.1, 0.15) is 53.1 Å². The SMILES string of the molecule is CC(C)OC(=O)Nc1ccc(-c2ncc(-c3ccc(NC(=O)N[C@@H](C)c4ccccc4)cc3S(=O)(=O)NC(C)(C)C)s2)cc1. The number of carbonyl (C=O) groups excluding carboxylic acids is 2. The number of anilines is 2. The Hall–Kier alpha value is -4.26. The number of nitrogens with one attached hydrogen (secondary N) is 4. The van der Waals surface area contributed by atoms with Gasteiger partial charge < -0.3 is 15.4 Å². The molecule has 4 aromatic rings. The zero-order valence-electron chi connectivity index (χ0n) is 25.5. The molecule has 232 valence electrons. The Morgan fingerprint density at radius 1 is 0.886 bits per heavy atom. The lowest BCUT2D eigenvalue weighted by atomic mass is 10.1. The summed E-state index contributed by atoms with van der Waals surface area (Å²) < 4.78 is 35.0. The molecule has 0 bridgehead atoms. The lowest BCUT2D eigenvalue weighted by Gasteiger charge is -2.22. The zero-order chi connectivity index (χ0) is 32.1. The van der Waals surface area contributed by atoms with E-state index in [-0.39, 0.29) is 17.0 Å². The third-order valence-electron chi connectivity index (χ3n) is 6.11. The highest BCUT2D eigenvalue weighted by atomic mass is 32.2. The summed E-state index contributed by atoms with van der Waals surface area (Å²) in [6.07, 6.45) is 0.850. The first-order valence-electron chi connectivity index (χ1n) is 14.0. The molecule has 0 aliphatic carbocycles. The highest BCUT2D eigenvalue weighted by Gasteiger charge is 2.27. The van der Waals surface area contributed by atoms with Gasteiger partial charge in [-0.3, -0.25) is 5.32 Å². The topological polar surface area (TPSA) is 139 Å². The van der Waals surface area contributed by atoms with Crippen LogP contribution in [-0.4, -0.2) is 37.2 Å². The van der Waals surface area contributed by atoms with Gasteiger partial charge in [-0.15, -0.1) is 11.3 Å². The van der Waals surface area contributed by atoms with Crippen LogP contribution in [-0.2, 0) is 14.8 Å². The molecule has 0 aliphatic rings. The fourth-order valence-corrected chi connectivity index (χ4v) is 6.95. The van der Waals surface area contributed by atoms with Gasteiger partial charge in [0.1, 0.15) is 5.01 Å². The molecule has 44 heavy (non-hydrogen) atoms. The molecular weight excluding hydrogens is 599 g/mol. The van der Waals surface area contributed by atoms with E-state index >= 15 is 0 Å². The first-order valence-corrected chi connectivity index (χ1v) is 16.3. The highest BCUT2D eigenvalue weighted by Crippen LogP contribution is 2.37. The van der Waals surface area contributed by atoms with Crippen molar-refractivity contribution >= 4 is 44.9 Å². The average Bonchev–Trinajstić information content (AvgIpc) is 3.42. The summed E-state index contributed by atoms with van der Waals surface area (Å²) in [5.74, 6) is 0. The Balaban J connectivity index is 1.60. The Bertz CT molecular complexity index is 1710. The Morgan fingerprint density at radius 3 is 2.18 bits per heavy atom. The monoisotopic (exact) mass is 635 g/mol. The van der Waals surface area contributed by atoms with Crippen molar-refractivity contribution in [2.75, 3.05) is 10.6 Å². The first-order chi connectivity index (χ1) is 20.7. The van der Waals surface area contributed by atoms with E-state index in [1.807, 2.05) is 49.4 Å². The van der Waals surface area contributed by atoms with Crippen molar-refractivity contribution < 1.29 is 22.7 Å². The van der Waals surface area contributed by atoms with Crippen molar-refractivity contribution in [2.45, 2.75) is 64.1 Å². The molecule has 10 nitrogen and oxygen atoms in total. The molecule has 1 aromatic heterocycles. The maximum Gasteiger partial charge on any atom is 0.411 e. The van der Waals surface area contributed by atoms with E-state index in [0.717, 1.165) is 11.1 Å². The fraction of sp³-hybridized carbons (Fsp3) is 0.281. The highest BCUT2D eigenvalue weighted by molar-refractivity contribution is 7.89.